The van der Waals surface area contributed by atoms with Gasteiger partial charge in [-0.25, -0.2) is 4.98 Å². The van der Waals surface area contributed by atoms with E-state index in [1.54, 1.807) is 30.3 Å². The van der Waals surface area contributed by atoms with E-state index in [2.05, 4.69) is 4.98 Å². The van der Waals surface area contributed by atoms with Crippen LogP contribution in [0.2, 0.25) is 5.02 Å². The van der Waals surface area contributed by atoms with Gasteiger partial charge in [-0.15, -0.1) is 0 Å². The van der Waals surface area contributed by atoms with E-state index in [9.17, 15) is 14.9 Å². The SMILES string of the molecule is CC(Sc1nc2ccccn2c(=O)c1[N+](=O)[O-])c1ccc(Cl)cc1. The van der Waals surface area contributed by atoms with Crippen LogP contribution in [0.3, 0.4) is 0 Å². The molecule has 0 saturated carbocycles. The van der Waals surface area contributed by atoms with Gasteiger partial charge in [0.25, 0.3) is 0 Å². The highest BCUT2D eigenvalue weighted by molar-refractivity contribution is 7.99. The fraction of sp³-hybridized carbons (Fsp3) is 0.125. The van der Waals surface area contributed by atoms with Crippen molar-refractivity contribution in [2.24, 2.45) is 0 Å². The summed E-state index contributed by atoms with van der Waals surface area (Å²) in [5.41, 5.74) is 0.119. The summed E-state index contributed by atoms with van der Waals surface area (Å²) in [7, 11) is 0. The molecule has 24 heavy (non-hydrogen) atoms. The number of pyridine rings is 1. The van der Waals surface area contributed by atoms with Crippen LogP contribution in [-0.4, -0.2) is 14.3 Å². The summed E-state index contributed by atoms with van der Waals surface area (Å²) in [6.07, 6.45) is 1.47. The molecule has 1 atom stereocenters. The fourth-order valence-corrected chi connectivity index (χ4v) is 3.44. The molecule has 0 bridgehead atoms. The molecule has 2 heterocycles. The van der Waals surface area contributed by atoms with Gasteiger partial charge >= 0.3 is 11.2 Å². The van der Waals surface area contributed by atoms with Gasteiger partial charge in [0.05, 0.1) is 4.92 Å². The molecule has 0 saturated heterocycles. The van der Waals surface area contributed by atoms with Gasteiger partial charge in [-0.1, -0.05) is 41.6 Å². The normalized spacial score (nSPS) is 12.2. The molecule has 0 spiro atoms. The molecule has 1 unspecified atom stereocenters. The van der Waals surface area contributed by atoms with Gasteiger partial charge in [0.1, 0.15) is 5.65 Å². The first-order valence-corrected chi connectivity index (χ1v) is 8.31. The number of thioether (sulfide) groups is 1. The van der Waals surface area contributed by atoms with Crippen molar-refractivity contribution in [2.45, 2.75) is 17.2 Å². The molecular weight excluding hydrogens is 350 g/mol. The highest BCUT2D eigenvalue weighted by atomic mass is 35.5. The van der Waals surface area contributed by atoms with Crippen LogP contribution in [0.1, 0.15) is 17.7 Å². The molecule has 6 nitrogen and oxygen atoms in total. The van der Waals surface area contributed by atoms with E-state index in [0.717, 1.165) is 5.56 Å². The molecule has 8 heteroatoms. The quantitative estimate of drug-likeness (QED) is 0.302. The summed E-state index contributed by atoms with van der Waals surface area (Å²) in [5, 5.41) is 12.0. The molecule has 3 rings (SSSR count). The maximum absolute atomic E-state index is 12.4. The first kappa shape index (κ1) is 16.5. The van der Waals surface area contributed by atoms with Crippen molar-refractivity contribution in [3.8, 4) is 0 Å². The number of hydrogen-bond acceptors (Lipinski definition) is 5. The Morgan fingerprint density at radius 1 is 1.25 bits per heavy atom. The van der Waals surface area contributed by atoms with Crippen LogP contribution in [-0.2, 0) is 0 Å². The second kappa shape index (κ2) is 6.62. The third-order valence-electron chi connectivity index (χ3n) is 3.49. The minimum Gasteiger partial charge on any atom is -0.262 e. The van der Waals surface area contributed by atoms with Gasteiger partial charge in [-0.05, 0) is 36.8 Å². The molecule has 1 aromatic carbocycles. The molecule has 0 aliphatic heterocycles. The molecule has 2 aromatic heterocycles. The molecule has 3 aromatic rings. The van der Waals surface area contributed by atoms with E-state index in [-0.39, 0.29) is 10.3 Å². The lowest BCUT2D eigenvalue weighted by Gasteiger charge is -2.12. The third-order valence-corrected chi connectivity index (χ3v) is 4.87. The van der Waals surface area contributed by atoms with E-state index in [1.807, 2.05) is 19.1 Å². The zero-order chi connectivity index (χ0) is 17.3. The maximum Gasteiger partial charge on any atom is 0.366 e. The van der Waals surface area contributed by atoms with E-state index in [0.29, 0.717) is 10.7 Å². The van der Waals surface area contributed by atoms with Crippen LogP contribution in [0, 0.1) is 10.1 Å². The predicted molar refractivity (Wildman–Crippen MR) is 93.8 cm³/mol. The molecular formula is C16H12ClN3O3S. The lowest BCUT2D eigenvalue weighted by atomic mass is 10.2. The molecule has 0 radical (unpaired) electrons. The summed E-state index contributed by atoms with van der Waals surface area (Å²) in [6.45, 7) is 1.89. The van der Waals surface area contributed by atoms with Crippen LogP contribution in [0.15, 0.2) is 58.5 Å². The van der Waals surface area contributed by atoms with Crippen LogP contribution >= 0.6 is 23.4 Å². The van der Waals surface area contributed by atoms with Gasteiger partial charge in [0.15, 0.2) is 5.03 Å². The van der Waals surface area contributed by atoms with Crippen molar-refractivity contribution in [3.05, 3.63) is 79.7 Å². The van der Waals surface area contributed by atoms with E-state index >= 15 is 0 Å². The second-order valence-corrected chi connectivity index (χ2v) is 6.83. The van der Waals surface area contributed by atoms with Crippen molar-refractivity contribution in [3.63, 3.8) is 0 Å². The Labute approximate surface area is 146 Å². The molecule has 0 amide bonds. The van der Waals surface area contributed by atoms with Crippen LogP contribution < -0.4 is 5.56 Å². The first-order valence-electron chi connectivity index (χ1n) is 7.05. The first-order chi connectivity index (χ1) is 11.5. The topological polar surface area (TPSA) is 77.5 Å². The van der Waals surface area contributed by atoms with Crippen LogP contribution in [0.25, 0.3) is 5.65 Å². The number of rotatable bonds is 4. The summed E-state index contributed by atoms with van der Waals surface area (Å²) in [5.74, 6) is 0. The number of aromatic nitrogens is 2. The summed E-state index contributed by atoms with van der Waals surface area (Å²) in [6, 6.07) is 12.2. The molecule has 0 fully saturated rings. The highest BCUT2D eigenvalue weighted by Crippen LogP contribution is 2.37. The number of halogens is 1. The van der Waals surface area contributed by atoms with Crippen LogP contribution in [0.5, 0.6) is 0 Å². The van der Waals surface area contributed by atoms with Gasteiger partial charge in [-0.2, -0.15) is 0 Å². The number of hydrogen-bond donors (Lipinski definition) is 0. The van der Waals surface area contributed by atoms with Gasteiger partial charge in [0, 0.05) is 16.5 Å². The Morgan fingerprint density at radius 2 is 1.96 bits per heavy atom. The Morgan fingerprint density at radius 3 is 2.62 bits per heavy atom. The molecule has 0 aliphatic rings. The standard InChI is InChI=1S/C16H12ClN3O3S/c1-10(11-5-7-12(17)8-6-11)24-15-14(20(22)23)16(21)19-9-3-2-4-13(19)18-15/h2-10H,1H3. The summed E-state index contributed by atoms with van der Waals surface area (Å²) >= 11 is 7.05. The lowest BCUT2D eigenvalue weighted by Crippen LogP contribution is -2.19. The molecule has 0 aliphatic carbocycles. The van der Waals surface area contributed by atoms with E-state index in [4.69, 9.17) is 11.6 Å². The Bertz CT molecular complexity index is 972. The Hall–Kier alpha value is -2.38. The minimum absolute atomic E-state index is 0.110. The van der Waals surface area contributed by atoms with Crippen molar-refractivity contribution in [2.75, 3.05) is 0 Å². The van der Waals surface area contributed by atoms with Gasteiger partial charge in [-0.3, -0.25) is 19.3 Å². The number of benzene rings is 1. The average Bonchev–Trinajstić information content (AvgIpc) is 2.55. The Balaban J connectivity index is 2.08. The zero-order valence-electron chi connectivity index (χ0n) is 12.5. The molecule has 122 valence electrons. The zero-order valence-corrected chi connectivity index (χ0v) is 14.1. The number of fused-ring (bicyclic) bond motifs is 1. The third kappa shape index (κ3) is 3.13. The van der Waals surface area contributed by atoms with E-state index in [1.165, 1.54) is 22.4 Å². The van der Waals surface area contributed by atoms with Crippen molar-refractivity contribution in [1.29, 1.82) is 0 Å². The van der Waals surface area contributed by atoms with E-state index < -0.39 is 16.2 Å². The maximum atomic E-state index is 12.4. The van der Waals surface area contributed by atoms with Gasteiger partial charge in [0.2, 0.25) is 0 Å². The van der Waals surface area contributed by atoms with Crippen molar-refractivity contribution in [1.82, 2.24) is 9.38 Å². The second-order valence-electron chi connectivity index (χ2n) is 5.07. The largest absolute Gasteiger partial charge is 0.366 e. The number of nitrogens with zero attached hydrogens (tertiary/aromatic N) is 3. The fourth-order valence-electron chi connectivity index (χ4n) is 2.27. The molecule has 0 N–H and O–H groups in total. The number of nitro groups is 1. The van der Waals surface area contributed by atoms with Crippen LogP contribution in [0.4, 0.5) is 5.69 Å². The van der Waals surface area contributed by atoms with Crippen molar-refractivity contribution >= 4 is 34.7 Å². The highest BCUT2D eigenvalue weighted by Gasteiger charge is 2.25. The lowest BCUT2D eigenvalue weighted by molar-refractivity contribution is -0.389. The predicted octanol–water partition coefficient (Wildman–Crippen LogP) is 4.11. The Kier molecular flexibility index (Phi) is 4.55. The summed E-state index contributed by atoms with van der Waals surface area (Å²) in [4.78, 5) is 27.4. The van der Waals surface area contributed by atoms with Gasteiger partial charge < -0.3 is 0 Å². The summed E-state index contributed by atoms with van der Waals surface area (Å²) < 4.78 is 1.18. The minimum atomic E-state index is -0.684. The smallest absolute Gasteiger partial charge is 0.262 e. The average molecular weight is 362 g/mol. The van der Waals surface area contributed by atoms with Crippen molar-refractivity contribution < 1.29 is 4.92 Å². The monoisotopic (exact) mass is 361 g/mol.